The second-order valence-electron chi connectivity index (χ2n) is 5.26. The molecule has 5 heteroatoms. The van der Waals surface area contributed by atoms with Crippen molar-refractivity contribution in [1.29, 1.82) is 0 Å². The summed E-state index contributed by atoms with van der Waals surface area (Å²) in [5, 5.41) is 2.64. The highest BCUT2D eigenvalue weighted by Crippen LogP contribution is 2.10. The highest BCUT2D eigenvalue weighted by atomic mass is 16.6. The number of carbonyl (C=O) groups is 1. The first-order valence-corrected chi connectivity index (χ1v) is 6.13. The SMILES string of the molecule is Cc1cc(C=CCNC(=O)OC(C)(C)C)cnc1N. The normalized spacial score (nSPS) is 11.6. The van der Waals surface area contributed by atoms with Gasteiger partial charge >= 0.3 is 6.09 Å². The van der Waals surface area contributed by atoms with E-state index in [2.05, 4.69) is 10.3 Å². The molecule has 0 aromatic carbocycles. The largest absolute Gasteiger partial charge is 0.444 e. The monoisotopic (exact) mass is 263 g/mol. The van der Waals surface area contributed by atoms with Crippen molar-refractivity contribution in [3.8, 4) is 0 Å². The molecule has 19 heavy (non-hydrogen) atoms. The summed E-state index contributed by atoms with van der Waals surface area (Å²) in [6, 6.07) is 1.94. The Bertz CT molecular complexity index is 476. The maximum Gasteiger partial charge on any atom is 0.407 e. The van der Waals surface area contributed by atoms with E-state index in [0.717, 1.165) is 11.1 Å². The van der Waals surface area contributed by atoms with Crippen molar-refractivity contribution >= 4 is 18.0 Å². The Kier molecular flexibility index (Phi) is 4.92. The fourth-order valence-electron chi connectivity index (χ4n) is 1.35. The van der Waals surface area contributed by atoms with Gasteiger partial charge in [-0.2, -0.15) is 0 Å². The number of rotatable bonds is 3. The summed E-state index contributed by atoms with van der Waals surface area (Å²) < 4.78 is 5.11. The molecule has 0 aliphatic rings. The molecule has 3 N–H and O–H groups in total. The van der Waals surface area contributed by atoms with E-state index in [1.807, 2.05) is 45.9 Å². The second-order valence-corrected chi connectivity index (χ2v) is 5.26. The van der Waals surface area contributed by atoms with Crippen molar-refractivity contribution in [2.24, 2.45) is 0 Å². The van der Waals surface area contributed by atoms with Gasteiger partial charge < -0.3 is 15.8 Å². The van der Waals surface area contributed by atoms with Crippen LogP contribution in [-0.2, 0) is 4.74 Å². The minimum atomic E-state index is -0.480. The smallest absolute Gasteiger partial charge is 0.407 e. The van der Waals surface area contributed by atoms with Gasteiger partial charge in [0.2, 0.25) is 0 Å². The summed E-state index contributed by atoms with van der Waals surface area (Å²) in [5.41, 5.74) is 7.03. The van der Waals surface area contributed by atoms with Crippen LogP contribution in [0, 0.1) is 6.92 Å². The van der Waals surface area contributed by atoms with Crippen molar-refractivity contribution in [3.05, 3.63) is 29.5 Å². The number of nitrogens with two attached hydrogens (primary N) is 1. The van der Waals surface area contributed by atoms with E-state index in [1.54, 1.807) is 6.20 Å². The quantitative estimate of drug-likeness (QED) is 0.878. The van der Waals surface area contributed by atoms with Gasteiger partial charge in [-0.15, -0.1) is 0 Å². The second kappa shape index (κ2) is 6.22. The number of ether oxygens (including phenoxy) is 1. The lowest BCUT2D eigenvalue weighted by Crippen LogP contribution is -2.32. The lowest BCUT2D eigenvalue weighted by molar-refractivity contribution is 0.0534. The third kappa shape index (κ3) is 5.90. The molecule has 0 fully saturated rings. The first-order chi connectivity index (χ1) is 8.78. The fraction of sp³-hybridized carbons (Fsp3) is 0.429. The van der Waals surface area contributed by atoms with Crippen LogP contribution in [0.2, 0.25) is 0 Å². The zero-order valence-corrected chi connectivity index (χ0v) is 11.9. The minimum Gasteiger partial charge on any atom is -0.444 e. The highest BCUT2D eigenvalue weighted by molar-refractivity contribution is 5.68. The van der Waals surface area contributed by atoms with Gasteiger partial charge in [-0.3, -0.25) is 0 Å². The van der Waals surface area contributed by atoms with Crippen LogP contribution in [0.4, 0.5) is 10.6 Å². The van der Waals surface area contributed by atoms with Crippen LogP contribution in [0.3, 0.4) is 0 Å². The van der Waals surface area contributed by atoms with Crippen LogP contribution in [0.5, 0.6) is 0 Å². The number of alkyl carbamates (subject to hydrolysis) is 1. The predicted octanol–water partition coefficient (Wildman–Crippen LogP) is 2.51. The van der Waals surface area contributed by atoms with E-state index < -0.39 is 11.7 Å². The lowest BCUT2D eigenvalue weighted by Gasteiger charge is -2.19. The van der Waals surface area contributed by atoms with Crippen LogP contribution in [0.25, 0.3) is 6.08 Å². The van der Waals surface area contributed by atoms with Crippen molar-refractivity contribution < 1.29 is 9.53 Å². The van der Waals surface area contributed by atoms with Crippen LogP contribution < -0.4 is 11.1 Å². The van der Waals surface area contributed by atoms with Gasteiger partial charge in [0.25, 0.3) is 0 Å². The number of pyridine rings is 1. The maximum absolute atomic E-state index is 11.4. The molecule has 0 unspecified atom stereocenters. The van der Waals surface area contributed by atoms with Crippen LogP contribution in [-0.4, -0.2) is 23.2 Å². The molecule has 0 aliphatic heterocycles. The average molecular weight is 263 g/mol. The Morgan fingerprint density at radius 3 is 2.79 bits per heavy atom. The molecular weight excluding hydrogens is 242 g/mol. The molecule has 5 nitrogen and oxygen atoms in total. The summed E-state index contributed by atoms with van der Waals surface area (Å²) in [4.78, 5) is 15.4. The Labute approximate surface area is 113 Å². The molecule has 1 rings (SSSR count). The van der Waals surface area contributed by atoms with Gasteiger partial charge in [-0.1, -0.05) is 12.2 Å². The molecule has 1 aromatic heterocycles. The summed E-state index contributed by atoms with van der Waals surface area (Å²) in [5.74, 6) is 0.532. The summed E-state index contributed by atoms with van der Waals surface area (Å²) in [6.45, 7) is 7.78. The number of amides is 1. The third-order valence-corrected chi connectivity index (χ3v) is 2.21. The minimum absolute atomic E-state index is 0.401. The topological polar surface area (TPSA) is 77.2 Å². The van der Waals surface area contributed by atoms with Gasteiger partial charge in [-0.25, -0.2) is 9.78 Å². The van der Waals surface area contributed by atoms with Crippen LogP contribution in [0.15, 0.2) is 18.3 Å². The van der Waals surface area contributed by atoms with E-state index >= 15 is 0 Å². The molecule has 1 aromatic rings. The van der Waals surface area contributed by atoms with E-state index in [0.29, 0.717) is 12.4 Å². The fourth-order valence-corrected chi connectivity index (χ4v) is 1.35. The number of aromatic nitrogens is 1. The summed E-state index contributed by atoms with van der Waals surface area (Å²) >= 11 is 0. The number of aryl methyl sites for hydroxylation is 1. The standard InChI is InChI=1S/C14H21N3O2/c1-10-8-11(9-17-12(10)15)6-5-7-16-13(18)19-14(2,3)4/h5-6,8-9H,7H2,1-4H3,(H2,15,17)(H,16,18). The van der Waals surface area contributed by atoms with Gasteiger partial charge in [0.1, 0.15) is 11.4 Å². The number of hydrogen-bond acceptors (Lipinski definition) is 4. The predicted molar refractivity (Wildman–Crippen MR) is 76.7 cm³/mol. The molecule has 104 valence electrons. The van der Waals surface area contributed by atoms with Crippen molar-refractivity contribution in [1.82, 2.24) is 10.3 Å². The molecule has 0 bridgehead atoms. The Morgan fingerprint density at radius 2 is 2.21 bits per heavy atom. The first-order valence-electron chi connectivity index (χ1n) is 6.13. The molecule has 0 saturated carbocycles. The van der Waals surface area contributed by atoms with Crippen molar-refractivity contribution in [3.63, 3.8) is 0 Å². The highest BCUT2D eigenvalue weighted by Gasteiger charge is 2.14. The molecule has 0 atom stereocenters. The van der Waals surface area contributed by atoms with Gasteiger partial charge in [0.15, 0.2) is 0 Å². The molecule has 0 saturated heterocycles. The van der Waals surface area contributed by atoms with Crippen LogP contribution >= 0.6 is 0 Å². The van der Waals surface area contributed by atoms with Gasteiger partial charge in [0.05, 0.1) is 0 Å². The summed E-state index contributed by atoms with van der Waals surface area (Å²) in [7, 11) is 0. The Balaban J connectivity index is 2.42. The molecule has 0 aliphatic carbocycles. The summed E-state index contributed by atoms with van der Waals surface area (Å²) in [6.07, 6.45) is 4.96. The zero-order valence-electron chi connectivity index (χ0n) is 11.9. The Hall–Kier alpha value is -2.04. The molecule has 1 amide bonds. The number of nitrogen functional groups attached to an aromatic ring is 1. The number of anilines is 1. The molecule has 1 heterocycles. The third-order valence-electron chi connectivity index (χ3n) is 2.21. The maximum atomic E-state index is 11.4. The van der Waals surface area contributed by atoms with Crippen molar-refractivity contribution in [2.45, 2.75) is 33.3 Å². The van der Waals surface area contributed by atoms with Crippen molar-refractivity contribution in [2.75, 3.05) is 12.3 Å². The Morgan fingerprint density at radius 1 is 1.53 bits per heavy atom. The zero-order chi connectivity index (χ0) is 14.5. The number of nitrogens with one attached hydrogen (secondary N) is 1. The average Bonchev–Trinajstić information content (AvgIpc) is 2.27. The molecular formula is C14H21N3O2. The van der Waals surface area contributed by atoms with E-state index in [-0.39, 0.29) is 0 Å². The van der Waals surface area contributed by atoms with Gasteiger partial charge in [-0.05, 0) is 44.9 Å². The van der Waals surface area contributed by atoms with E-state index in [1.165, 1.54) is 0 Å². The molecule has 0 radical (unpaired) electrons. The number of carbonyl (C=O) groups excluding carboxylic acids is 1. The number of nitrogens with zero attached hydrogens (tertiary/aromatic N) is 1. The van der Waals surface area contributed by atoms with E-state index in [4.69, 9.17) is 10.5 Å². The van der Waals surface area contributed by atoms with E-state index in [9.17, 15) is 4.79 Å². The van der Waals surface area contributed by atoms with Gasteiger partial charge in [0, 0.05) is 12.7 Å². The number of hydrogen-bond donors (Lipinski definition) is 2. The molecule has 0 spiro atoms. The van der Waals surface area contributed by atoms with Crippen LogP contribution in [0.1, 0.15) is 31.9 Å². The first kappa shape index (κ1) is 15.0. The lowest BCUT2D eigenvalue weighted by atomic mass is 10.2.